The van der Waals surface area contributed by atoms with Crippen molar-refractivity contribution in [1.29, 1.82) is 0 Å². The van der Waals surface area contributed by atoms with Crippen LogP contribution in [0.3, 0.4) is 0 Å². The minimum Gasteiger partial charge on any atom is -0.408 e. The first-order valence-corrected chi connectivity index (χ1v) is 6.77. The Labute approximate surface area is 107 Å². The highest BCUT2D eigenvalue weighted by molar-refractivity contribution is 6.17. The van der Waals surface area contributed by atoms with E-state index < -0.39 is 0 Å². The fourth-order valence-corrected chi connectivity index (χ4v) is 2.37. The number of nitrogens with one attached hydrogen (secondary N) is 1. The van der Waals surface area contributed by atoms with Gasteiger partial charge in [-0.2, -0.15) is 0 Å². The Kier molecular flexibility index (Phi) is 3.92. The minimum atomic E-state index is 0.465. The van der Waals surface area contributed by atoms with Crippen LogP contribution in [0.2, 0.25) is 0 Å². The molecule has 2 rings (SSSR count). The van der Waals surface area contributed by atoms with Gasteiger partial charge in [-0.3, -0.25) is 0 Å². The maximum absolute atomic E-state index is 5.62. The van der Waals surface area contributed by atoms with Crippen molar-refractivity contribution in [2.45, 2.75) is 52.0 Å². The first-order chi connectivity index (χ1) is 8.09. The maximum atomic E-state index is 5.62. The summed E-state index contributed by atoms with van der Waals surface area (Å²) in [5.41, 5.74) is 0.483. The molecule has 0 unspecified atom stereocenters. The van der Waals surface area contributed by atoms with E-state index in [0.717, 1.165) is 0 Å². The van der Waals surface area contributed by atoms with E-state index in [1.165, 1.54) is 25.7 Å². The molecule has 96 valence electrons. The van der Waals surface area contributed by atoms with Crippen molar-refractivity contribution >= 4 is 17.6 Å². The van der Waals surface area contributed by atoms with Crippen LogP contribution >= 0.6 is 11.6 Å². The fourth-order valence-electron chi connectivity index (χ4n) is 2.21. The molecule has 1 fully saturated rings. The number of halogens is 1. The van der Waals surface area contributed by atoms with E-state index in [9.17, 15) is 0 Å². The summed E-state index contributed by atoms with van der Waals surface area (Å²) in [6.07, 6.45) is 5.45. The molecule has 1 N–H and O–H groups in total. The number of anilines is 1. The molecular weight excluding hydrogens is 238 g/mol. The van der Waals surface area contributed by atoms with E-state index in [1.807, 2.05) is 0 Å². The van der Waals surface area contributed by atoms with Gasteiger partial charge in [0.25, 0.3) is 0 Å². The summed E-state index contributed by atoms with van der Waals surface area (Å²) < 4.78 is 5.46. The lowest BCUT2D eigenvalue weighted by Gasteiger charge is -2.34. The standard InChI is InChI=1S/C12H20ClN3O/c1-12(2)6-3-9(4-7-12)14-11-16-15-10(17-11)5-8-13/h9H,3-8H2,1-2H3,(H,14,16). The smallest absolute Gasteiger partial charge is 0.315 e. The number of nitrogens with zero attached hydrogens (tertiary/aromatic N) is 2. The van der Waals surface area contributed by atoms with Crippen molar-refractivity contribution in [3.63, 3.8) is 0 Å². The quantitative estimate of drug-likeness (QED) is 0.842. The van der Waals surface area contributed by atoms with Gasteiger partial charge in [-0.15, -0.1) is 16.7 Å². The van der Waals surface area contributed by atoms with Crippen LogP contribution in [0.25, 0.3) is 0 Å². The molecule has 17 heavy (non-hydrogen) atoms. The van der Waals surface area contributed by atoms with Crippen LogP contribution in [0, 0.1) is 5.41 Å². The zero-order valence-corrected chi connectivity index (χ0v) is 11.3. The second-order valence-electron chi connectivity index (χ2n) is 5.52. The van der Waals surface area contributed by atoms with Crippen LogP contribution < -0.4 is 5.32 Å². The van der Waals surface area contributed by atoms with E-state index >= 15 is 0 Å². The lowest BCUT2D eigenvalue weighted by atomic mass is 9.76. The monoisotopic (exact) mass is 257 g/mol. The Morgan fingerprint density at radius 3 is 2.71 bits per heavy atom. The SMILES string of the molecule is CC1(C)CCC(Nc2nnc(CCCl)o2)CC1. The highest BCUT2D eigenvalue weighted by Crippen LogP contribution is 2.35. The highest BCUT2D eigenvalue weighted by Gasteiger charge is 2.27. The third-order valence-electron chi connectivity index (χ3n) is 3.44. The molecule has 1 heterocycles. The maximum Gasteiger partial charge on any atom is 0.315 e. The fraction of sp³-hybridized carbons (Fsp3) is 0.833. The van der Waals surface area contributed by atoms with Gasteiger partial charge >= 0.3 is 6.01 Å². The number of aromatic nitrogens is 2. The van der Waals surface area contributed by atoms with Crippen molar-refractivity contribution in [2.75, 3.05) is 11.2 Å². The normalized spacial score (nSPS) is 20.4. The molecule has 0 aliphatic heterocycles. The minimum absolute atomic E-state index is 0.465. The molecule has 0 atom stereocenters. The molecule has 1 aliphatic rings. The van der Waals surface area contributed by atoms with Gasteiger partial charge in [0.1, 0.15) is 0 Å². The molecule has 0 saturated heterocycles. The zero-order valence-electron chi connectivity index (χ0n) is 10.5. The lowest BCUT2D eigenvalue weighted by molar-refractivity contribution is 0.231. The molecule has 0 bridgehead atoms. The number of aryl methyl sites for hydroxylation is 1. The number of hydrogen-bond donors (Lipinski definition) is 1. The van der Waals surface area contributed by atoms with Gasteiger partial charge in [0.15, 0.2) is 0 Å². The Bertz CT molecular complexity index is 354. The van der Waals surface area contributed by atoms with Crippen LogP contribution in [0.4, 0.5) is 6.01 Å². The highest BCUT2D eigenvalue weighted by atomic mass is 35.5. The second kappa shape index (κ2) is 5.25. The second-order valence-corrected chi connectivity index (χ2v) is 5.90. The molecule has 0 amide bonds. The Morgan fingerprint density at radius 2 is 2.06 bits per heavy atom. The molecule has 5 heteroatoms. The average molecular weight is 258 g/mol. The van der Waals surface area contributed by atoms with Crippen molar-refractivity contribution in [2.24, 2.45) is 5.41 Å². The summed E-state index contributed by atoms with van der Waals surface area (Å²) in [7, 11) is 0. The summed E-state index contributed by atoms with van der Waals surface area (Å²) in [6.45, 7) is 4.66. The molecule has 0 aromatic carbocycles. The Hall–Kier alpha value is -0.770. The van der Waals surface area contributed by atoms with E-state index in [-0.39, 0.29) is 0 Å². The third-order valence-corrected chi connectivity index (χ3v) is 3.63. The average Bonchev–Trinajstić information content (AvgIpc) is 2.70. The predicted molar refractivity (Wildman–Crippen MR) is 68.4 cm³/mol. The van der Waals surface area contributed by atoms with Gasteiger partial charge in [0.2, 0.25) is 5.89 Å². The topological polar surface area (TPSA) is 51.0 Å². The molecule has 0 radical (unpaired) electrons. The lowest BCUT2D eigenvalue weighted by Crippen LogP contribution is -2.29. The van der Waals surface area contributed by atoms with Crippen molar-refractivity contribution in [3.8, 4) is 0 Å². The molecule has 1 aliphatic carbocycles. The summed E-state index contributed by atoms with van der Waals surface area (Å²) in [5.74, 6) is 1.12. The molecule has 1 saturated carbocycles. The molecule has 0 spiro atoms. The van der Waals surface area contributed by atoms with Crippen molar-refractivity contribution in [3.05, 3.63) is 5.89 Å². The van der Waals surface area contributed by atoms with E-state index in [1.54, 1.807) is 0 Å². The van der Waals surface area contributed by atoms with Gasteiger partial charge < -0.3 is 9.73 Å². The summed E-state index contributed by atoms with van der Waals surface area (Å²) in [5, 5.41) is 11.2. The van der Waals surface area contributed by atoms with Crippen LogP contribution in [0.5, 0.6) is 0 Å². The van der Waals surface area contributed by atoms with Crippen LogP contribution in [0.1, 0.15) is 45.4 Å². The first kappa shape index (κ1) is 12.7. The zero-order chi connectivity index (χ0) is 12.3. The summed E-state index contributed by atoms with van der Waals surface area (Å²) >= 11 is 5.62. The van der Waals surface area contributed by atoms with Gasteiger partial charge in [-0.25, -0.2) is 0 Å². The molecular formula is C12H20ClN3O. The summed E-state index contributed by atoms with van der Waals surface area (Å²) in [4.78, 5) is 0. The van der Waals surface area contributed by atoms with Crippen LogP contribution in [-0.4, -0.2) is 22.1 Å². The Balaban J connectivity index is 1.84. The largest absolute Gasteiger partial charge is 0.408 e. The molecule has 1 aromatic heterocycles. The van der Waals surface area contributed by atoms with Gasteiger partial charge in [0.05, 0.1) is 0 Å². The molecule has 4 nitrogen and oxygen atoms in total. The van der Waals surface area contributed by atoms with Crippen LogP contribution in [-0.2, 0) is 6.42 Å². The van der Waals surface area contributed by atoms with E-state index in [4.69, 9.17) is 16.0 Å². The number of rotatable bonds is 4. The van der Waals surface area contributed by atoms with E-state index in [0.29, 0.717) is 35.7 Å². The number of hydrogen-bond acceptors (Lipinski definition) is 4. The van der Waals surface area contributed by atoms with E-state index in [2.05, 4.69) is 29.4 Å². The summed E-state index contributed by atoms with van der Waals surface area (Å²) in [6, 6.07) is 1.00. The first-order valence-electron chi connectivity index (χ1n) is 6.24. The van der Waals surface area contributed by atoms with Crippen molar-refractivity contribution in [1.82, 2.24) is 10.2 Å². The number of alkyl halides is 1. The molecule has 1 aromatic rings. The third kappa shape index (κ3) is 3.60. The Morgan fingerprint density at radius 1 is 1.35 bits per heavy atom. The van der Waals surface area contributed by atoms with Gasteiger partial charge in [-0.05, 0) is 31.1 Å². The predicted octanol–water partition coefficient (Wildman–Crippen LogP) is 3.23. The van der Waals surface area contributed by atoms with Crippen LogP contribution in [0.15, 0.2) is 4.42 Å². The van der Waals surface area contributed by atoms with Gasteiger partial charge in [0, 0.05) is 18.3 Å². The van der Waals surface area contributed by atoms with Crippen molar-refractivity contribution < 1.29 is 4.42 Å². The van der Waals surface area contributed by atoms with Gasteiger partial charge in [-0.1, -0.05) is 18.9 Å².